The van der Waals surface area contributed by atoms with Crippen LogP contribution in [0.25, 0.3) is 0 Å². The van der Waals surface area contributed by atoms with Crippen LogP contribution in [0.3, 0.4) is 0 Å². The zero-order chi connectivity index (χ0) is 18.4. The minimum Gasteiger partial charge on any atom is -0.496 e. The highest BCUT2D eigenvalue weighted by molar-refractivity contribution is 5.47. The van der Waals surface area contributed by atoms with Gasteiger partial charge in [-0.3, -0.25) is 0 Å². The average molecular weight is 344 g/mol. The lowest BCUT2D eigenvalue weighted by atomic mass is 9.86. The predicted molar refractivity (Wildman–Crippen MR) is 100 cm³/mol. The van der Waals surface area contributed by atoms with E-state index in [0.717, 1.165) is 34.8 Å². The van der Waals surface area contributed by atoms with Crippen LogP contribution >= 0.6 is 0 Å². The zero-order valence-corrected chi connectivity index (χ0v) is 16.0. The molecule has 0 amide bonds. The van der Waals surface area contributed by atoms with Crippen molar-refractivity contribution in [1.82, 2.24) is 0 Å². The van der Waals surface area contributed by atoms with Crippen LogP contribution in [0.5, 0.6) is 23.0 Å². The minimum atomic E-state index is -0.0375. The van der Waals surface area contributed by atoms with E-state index in [9.17, 15) is 0 Å². The van der Waals surface area contributed by atoms with Crippen LogP contribution in [-0.2, 0) is 11.8 Å². The maximum Gasteiger partial charge on any atom is 0.231 e. The van der Waals surface area contributed by atoms with Gasteiger partial charge in [-0.25, -0.2) is 0 Å². The highest BCUT2D eigenvalue weighted by Gasteiger charge is 2.19. The Balaban J connectivity index is 2.10. The minimum absolute atomic E-state index is 0.0375. The summed E-state index contributed by atoms with van der Waals surface area (Å²) in [4.78, 5) is 0. The maximum absolute atomic E-state index is 5.78. The van der Waals surface area contributed by atoms with E-state index in [0.29, 0.717) is 5.75 Å². The molecule has 0 aliphatic rings. The molecule has 0 spiro atoms. The fourth-order valence-electron chi connectivity index (χ4n) is 2.71. The topological polar surface area (TPSA) is 36.9 Å². The van der Waals surface area contributed by atoms with Crippen LogP contribution in [0.4, 0.5) is 0 Å². The van der Waals surface area contributed by atoms with E-state index < -0.39 is 0 Å². The summed E-state index contributed by atoms with van der Waals surface area (Å²) >= 11 is 0. The molecule has 0 aliphatic heterocycles. The van der Waals surface area contributed by atoms with Gasteiger partial charge >= 0.3 is 0 Å². The monoisotopic (exact) mass is 344 g/mol. The zero-order valence-electron chi connectivity index (χ0n) is 16.0. The van der Waals surface area contributed by atoms with E-state index >= 15 is 0 Å². The van der Waals surface area contributed by atoms with Gasteiger partial charge in [-0.05, 0) is 41.7 Å². The molecule has 0 saturated carbocycles. The maximum atomic E-state index is 5.78. The van der Waals surface area contributed by atoms with Crippen molar-refractivity contribution in [1.29, 1.82) is 0 Å². The molecule has 0 fully saturated rings. The first-order valence-corrected chi connectivity index (χ1v) is 8.50. The summed E-state index contributed by atoms with van der Waals surface area (Å²) in [5.41, 5.74) is 2.17. The van der Waals surface area contributed by atoms with Gasteiger partial charge in [0, 0.05) is 5.56 Å². The number of aryl methyl sites for hydroxylation is 1. The Hall–Kier alpha value is -2.36. The molecule has 0 unspecified atom stereocenters. The third kappa shape index (κ3) is 4.59. The largest absolute Gasteiger partial charge is 0.496 e. The number of methoxy groups -OCH3 is 2. The van der Waals surface area contributed by atoms with E-state index in [4.69, 9.17) is 18.9 Å². The molecule has 4 nitrogen and oxygen atoms in total. The van der Waals surface area contributed by atoms with Gasteiger partial charge < -0.3 is 18.9 Å². The fraction of sp³-hybridized carbons (Fsp3) is 0.429. The molecule has 0 aliphatic carbocycles. The van der Waals surface area contributed by atoms with Gasteiger partial charge in [-0.1, -0.05) is 39.8 Å². The number of ether oxygens (including phenoxy) is 4. The van der Waals surface area contributed by atoms with E-state index in [2.05, 4.69) is 27.7 Å². The van der Waals surface area contributed by atoms with Crippen LogP contribution in [0.1, 0.15) is 38.8 Å². The Bertz CT molecular complexity index is 702. The van der Waals surface area contributed by atoms with Gasteiger partial charge in [-0.15, -0.1) is 0 Å². The molecule has 0 aromatic heterocycles. The number of rotatable bonds is 7. The summed E-state index contributed by atoms with van der Waals surface area (Å²) < 4.78 is 22.5. The number of benzene rings is 2. The van der Waals surface area contributed by atoms with Crippen molar-refractivity contribution in [2.75, 3.05) is 21.0 Å². The Labute approximate surface area is 150 Å². The van der Waals surface area contributed by atoms with Crippen molar-refractivity contribution in [2.24, 2.45) is 0 Å². The molecule has 0 radical (unpaired) electrons. The molecular formula is C21H28O4. The second-order valence-corrected chi connectivity index (χ2v) is 6.82. The lowest BCUT2D eigenvalue weighted by Gasteiger charge is -2.23. The van der Waals surface area contributed by atoms with Gasteiger partial charge in [-0.2, -0.15) is 0 Å². The van der Waals surface area contributed by atoms with Crippen molar-refractivity contribution >= 4 is 0 Å². The fourth-order valence-corrected chi connectivity index (χ4v) is 2.71. The smallest absolute Gasteiger partial charge is 0.231 e. The van der Waals surface area contributed by atoms with Crippen LogP contribution in [0.2, 0.25) is 0 Å². The summed E-state index contributed by atoms with van der Waals surface area (Å²) in [5, 5.41) is 0. The van der Waals surface area contributed by atoms with Gasteiger partial charge in [0.1, 0.15) is 11.5 Å². The summed E-state index contributed by atoms with van der Waals surface area (Å²) in [6.07, 6.45) is 0.884. The highest BCUT2D eigenvalue weighted by atomic mass is 16.7. The molecule has 0 saturated heterocycles. The van der Waals surface area contributed by atoms with Crippen LogP contribution < -0.4 is 18.9 Å². The van der Waals surface area contributed by atoms with Crippen molar-refractivity contribution < 1.29 is 18.9 Å². The first-order valence-electron chi connectivity index (χ1n) is 8.50. The quantitative estimate of drug-likeness (QED) is 0.664. The van der Waals surface area contributed by atoms with E-state index in [1.807, 2.05) is 36.4 Å². The molecule has 0 atom stereocenters. The Kier molecular flexibility index (Phi) is 6.18. The molecule has 0 N–H and O–H groups in total. The first-order chi connectivity index (χ1) is 11.9. The Morgan fingerprint density at radius 3 is 2.24 bits per heavy atom. The highest BCUT2D eigenvalue weighted by Crippen LogP contribution is 2.35. The van der Waals surface area contributed by atoms with Gasteiger partial charge in [0.25, 0.3) is 0 Å². The Morgan fingerprint density at radius 1 is 0.880 bits per heavy atom. The van der Waals surface area contributed by atoms with E-state index in [-0.39, 0.29) is 12.2 Å². The lowest BCUT2D eigenvalue weighted by molar-refractivity contribution is 0.116. The molecule has 136 valence electrons. The number of hydrogen-bond acceptors (Lipinski definition) is 4. The first kappa shape index (κ1) is 19.0. The van der Waals surface area contributed by atoms with Crippen molar-refractivity contribution in [2.45, 2.75) is 39.5 Å². The molecule has 2 aromatic carbocycles. The second-order valence-electron chi connectivity index (χ2n) is 6.82. The molecule has 4 heteroatoms. The third-order valence-corrected chi connectivity index (χ3v) is 4.06. The van der Waals surface area contributed by atoms with Crippen molar-refractivity contribution in [3.05, 3.63) is 47.5 Å². The normalized spacial score (nSPS) is 11.1. The average Bonchev–Trinajstić information content (AvgIpc) is 2.60. The van der Waals surface area contributed by atoms with Crippen molar-refractivity contribution in [3.8, 4) is 23.0 Å². The third-order valence-electron chi connectivity index (χ3n) is 4.06. The summed E-state index contributed by atoms with van der Waals surface area (Å²) in [7, 11) is 3.34. The summed E-state index contributed by atoms with van der Waals surface area (Å²) in [5.74, 6) is 3.06. The predicted octanol–water partition coefficient (Wildman–Crippen LogP) is 4.98. The molecule has 25 heavy (non-hydrogen) atoms. The number of hydrogen-bond donors (Lipinski definition) is 0. The standard InChI is InChI=1S/C21H28O4/c1-7-15-9-8-10-19(20(15)23-6)25-14-24-16-11-12-18(22-5)17(13-16)21(2,3)4/h8-13H,7,14H2,1-6H3. The Morgan fingerprint density at radius 2 is 1.64 bits per heavy atom. The summed E-state index contributed by atoms with van der Waals surface area (Å²) in [6.45, 7) is 8.63. The van der Waals surface area contributed by atoms with E-state index in [1.54, 1.807) is 14.2 Å². The van der Waals surface area contributed by atoms with Gasteiger partial charge in [0.15, 0.2) is 11.5 Å². The van der Waals surface area contributed by atoms with Gasteiger partial charge in [0.05, 0.1) is 14.2 Å². The molecular weight excluding hydrogens is 316 g/mol. The van der Waals surface area contributed by atoms with Crippen LogP contribution in [-0.4, -0.2) is 21.0 Å². The second kappa shape index (κ2) is 8.15. The van der Waals surface area contributed by atoms with E-state index in [1.165, 1.54) is 0 Å². The molecule has 2 aromatic rings. The van der Waals surface area contributed by atoms with Crippen LogP contribution in [0.15, 0.2) is 36.4 Å². The van der Waals surface area contributed by atoms with Gasteiger partial charge in [0.2, 0.25) is 6.79 Å². The van der Waals surface area contributed by atoms with Crippen molar-refractivity contribution in [3.63, 3.8) is 0 Å². The number of para-hydroxylation sites is 1. The molecule has 0 bridgehead atoms. The van der Waals surface area contributed by atoms with Crippen LogP contribution in [0, 0.1) is 0 Å². The lowest BCUT2D eigenvalue weighted by Crippen LogP contribution is -2.14. The summed E-state index contributed by atoms with van der Waals surface area (Å²) in [6, 6.07) is 11.7. The molecule has 0 heterocycles. The molecule has 2 rings (SSSR count). The SMILES string of the molecule is CCc1cccc(OCOc2ccc(OC)c(C(C)(C)C)c2)c1OC.